The molecule has 3 rings (SSSR count). The molecular formula is C19H19N3O2S. The molecule has 0 spiro atoms. The second-order valence-electron chi connectivity index (χ2n) is 5.88. The van der Waals surface area contributed by atoms with Crippen LogP contribution in [-0.2, 0) is 16.0 Å². The van der Waals surface area contributed by atoms with E-state index in [2.05, 4.69) is 15.6 Å². The minimum atomic E-state index is -0.145. The second-order valence-corrected chi connectivity index (χ2v) is 6.91. The van der Waals surface area contributed by atoms with Crippen LogP contribution in [0.3, 0.4) is 0 Å². The summed E-state index contributed by atoms with van der Waals surface area (Å²) < 4.78 is 0.949. The normalized spacial score (nSPS) is 11.9. The molecule has 0 radical (unpaired) electrons. The van der Waals surface area contributed by atoms with E-state index >= 15 is 0 Å². The summed E-state index contributed by atoms with van der Waals surface area (Å²) in [5, 5.41) is 6.27. The molecule has 3 aromatic rings. The first-order valence-corrected chi connectivity index (χ1v) is 8.84. The number of aromatic nitrogens is 1. The molecular weight excluding hydrogens is 334 g/mol. The number of benzene rings is 2. The number of anilines is 1. The van der Waals surface area contributed by atoms with Crippen molar-refractivity contribution < 1.29 is 9.59 Å². The zero-order valence-corrected chi connectivity index (χ0v) is 14.9. The van der Waals surface area contributed by atoms with Gasteiger partial charge in [-0.15, -0.1) is 0 Å². The Balaban J connectivity index is 1.67. The molecule has 25 heavy (non-hydrogen) atoms. The molecule has 2 amide bonds. The van der Waals surface area contributed by atoms with Crippen LogP contribution in [-0.4, -0.2) is 16.8 Å². The zero-order valence-electron chi connectivity index (χ0n) is 14.1. The van der Waals surface area contributed by atoms with Crippen molar-refractivity contribution in [2.45, 2.75) is 26.3 Å². The number of thiazole rings is 1. The molecule has 2 N–H and O–H groups in total. The van der Waals surface area contributed by atoms with Gasteiger partial charge in [-0.2, -0.15) is 0 Å². The molecule has 0 fully saturated rings. The van der Waals surface area contributed by atoms with Crippen LogP contribution >= 0.6 is 11.3 Å². The lowest BCUT2D eigenvalue weighted by atomic mass is 10.1. The topological polar surface area (TPSA) is 71.1 Å². The van der Waals surface area contributed by atoms with E-state index in [-0.39, 0.29) is 17.9 Å². The Bertz CT molecular complexity index is 905. The summed E-state index contributed by atoms with van der Waals surface area (Å²) in [6, 6.07) is 15.6. The zero-order chi connectivity index (χ0) is 17.8. The molecule has 1 heterocycles. The molecule has 0 aliphatic carbocycles. The smallest absolute Gasteiger partial charge is 0.224 e. The third-order valence-electron chi connectivity index (χ3n) is 3.78. The van der Waals surface area contributed by atoms with Crippen molar-refractivity contribution in [2.24, 2.45) is 0 Å². The van der Waals surface area contributed by atoms with Crippen LogP contribution in [0.5, 0.6) is 0 Å². The number of amides is 2. The Morgan fingerprint density at radius 1 is 1.16 bits per heavy atom. The van der Waals surface area contributed by atoms with Gasteiger partial charge in [0, 0.05) is 6.92 Å². The average molecular weight is 353 g/mol. The predicted octanol–water partition coefficient (Wildman–Crippen LogP) is 3.67. The van der Waals surface area contributed by atoms with Gasteiger partial charge in [0.15, 0.2) is 5.13 Å². The minimum absolute atomic E-state index is 0.0256. The van der Waals surface area contributed by atoms with Crippen molar-refractivity contribution >= 4 is 38.5 Å². The van der Waals surface area contributed by atoms with Crippen LogP contribution in [0.25, 0.3) is 10.2 Å². The van der Waals surface area contributed by atoms with Crippen molar-refractivity contribution in [2.75, 3.05) is 5.32 Å². The first-order chi connectivity index (χ1) is 12.0. The van der Waals surface area contributed by atoms with Gasteiger partial charge in [-0.05, 0) is 30.2 Å². The fourth-order valence-corrected chi connectivity index (χ4v) is 3.56. The maximum absolute atomic E-state index is 12.3. The molecule has 0 aliphatic heterocycles. The summed E-state index contributed by atoms with van der Waals surface area (Å²) in [5.74, 6) is -0.171. The minimum Gasteiger partial charge on any atom is -0.349 e. The maximum Gasteiger partial charge on any atom is 0.224 e. The molecule has 1 aromatic heterocycles. The molecule has 1 atom stereocenters. The third-order valence-corrected chi connectivity index (χ3v) is 4.71. The van der Waals surface area contributed by atoms with Gasteiger partial charge in [0.25, 0.3) is 0 Å². The summed E-state index contributed by atoms with van der Waals surface area (Å²) in [7, 11) is 0. The van der Waals surface area contributed by atoms with Crippen LogP contribution in [0.4, 0.5) is 5.13 Å². The summed E-state index contributed by atoms with van der Waals surface area (Å²) >= 11 is 1.40. The monoisotopic (exact) mass is 353 g/mol. The summed E-state index contributed by atoms with van der Waals surface area (Å²) in [6.07, 6.45) is 0.306. The van der Waals surface area contributed by atoms with E-state index in [1.807, 2.05) is 55.5 Å². The Morgan fingerprint density at radius 3 is 2.64 bits per heavy atom. The van der Waals surface area contributed by atoms with Crippen molar-refractivity contribution in [3.8, 4) is 0 Å². The number of hydrogen-bond donors (Lipinski definition) is 2. The van der Waals surface area contributed by atoms with Crippen molar-refractivity contribution in [3.05, 3.63) is 59.7 Å². The van der Waals surface area contributed by atoms with E-state index < -0.39 is 0 Å². The number of hydrogen-bond acceptors (Lipinski definition) is 4. The van der Waals surface area contributed by atoms with Gasteiger partial charge >= 0.3 is 0 Å². The predicted molar refractivity (Wildman–Crippen MR) is 101 cm³/mol. The standard InChI is InChI=1S/C19H19N3O2S/c1-12(15-6-4-3-5-7-15)20-18(24)11-14-8-9-16-17(10-14)25-19(22-16)21-13(2)23/h3-10,12H,11H2,1-2H3,(H,20,24)(H,21,22,23)/t12-/m0/s1. The fraction of sp³-hybridized carbons (Fsp3) is 0.211. The molecule has 0 saturated heterocycles. The highest BCUT2D eigenvalue weighted by Gasteiger charge is 2.11. The highest BCUT2D eigenvalue weighted by molar-refractivity contribution is 7.22. The summed E-state index contributed by atoms with van der Waals surface area (Å²) in [6.45, 7) is 3.43. The van der Waals surface area contributed by atoms with E-state index in [9.17, 15) is 9.59 Å². The number of carbonyl (C=O) groups excluding carboxylic acids is 2. The average Bonchev–Trinajstić information content (AvgIpc) is 2.96. The number of nitrogens with one attached hydrogen (secondary N) is 2. The number of fused-ring (bicyclic) bond motifs is 1. The van der Waals surface area contributed by atoms with Crippen molar-refractivity contribution in [1.29, 1.82) is 0 Å². The summed E-state index contributed by atoms with van der Waals surface area (Å²) in [4.78, 5) is 27.8. The number of rotatable bonds is 5. The quantitative estimate of drug-likeness (QED) is 0.735. The molecule has 5 nitrogen and oxygen atoms in total. The molecule has 6 heteroatoms. The molecule has 0 bridgehead atoms. The molecule has 0 unspecified atom stereocenters. The van der Waals surface area contributed by atoms with Crippen LogP contribution in [0, 0.1) is 0 Å². The van der Waals surface area contributed by atoms with Gasteiger partial charge in [0.05, 0.1) is 22.7 Å². The van der Waals surface area contributed by atoms with Crippen molar-refractivity contribution in [3.63, 3.8) is 0 Å². The largest absolute Gasteiger partial charge is 0.349 e. The highest BCUT2D eigenvalue weighted by atomic mass is 32.1. The Labute approximate surface area is 150 Å². The van der Waals surface area contributed by atoms with E-state index in [0.717, 1.165) is 21.3 Å². The Morgan fingerprint density at radius 2 is 1.92 bits per heavy atom. The number of nitrogens with zero attached hydrogens (tertiary/aromatic N) is 1. The fourth-order valence-electron chi connectivity index (χ4n) is 2.59. The Kier molecular flexibility index (Phi) is 5.09. The number of carbonyl (C=O) groups is 2. The molecule has 2 aromatic carbocycles. The van der Waals surface area contributed by atoms with Gasteiger partial charge in [-0.1, -0.05) is 47.7 Å². The van der Waals surface area contributed by atoms with Gasteiger partial charge in [0.1, 0.15) is 0 Å². The second kappa shape index (κ2) is 7.44. The van der Waals surface area contributed by atoms with Gasteiger partial charge in [-0.25, -0.2) is 4.98 Å². The summed E-state index contributed by atoms with van der Waals surface area (Å²) in [5.41, 5.74) is 2.81. The molecule has 0 aliphatic rings. The van der Waals surface area contributed by atoms with E-state index in [1.54, 1.807) is 0 Å². The van der Waals surface area contributed by atoms with E-state index in [1.165, 1.54) is 18.3 Å². The molecule has 0 saturated carbocycles. The maximum atomic E-state index is 12.3. The van der Waals surface area contributed by atoms with Crippen LogP contribution in [0.2, 0.25) is 0 Å². The van der Waals surface area contributed by atoms with Gasteiger partial charge in [-0.3, -0.25) is 9.59 Å². The Hall–Kier alpha value is -2.73. The van der Waals surface area contributed by atoms with Gasteiger partial charge < -0.3 is 10.6 Å². The van der Waals surface area contributed by atoms with Gasteiger partial charge in [0.2, 0.25) is 11.8 Å². The lowest BCUT2D eigenvalue weighted by molar-refractivity contribution is -0.121. The third kappa shape index (κ3) is 4.42. The first-order valence-electron chi connectivity index (χ1n) is 8.02. The van der Waals surface area contributed by atoms with Crippen LogP contribution in [0.1, 0.15) is 31.0 Å². The SMILES string of the molecule is CC(=O)Nc1nc2ccc(CC(=O)N[C@@H](C)c3ccccc3)cc2s1. The molecule has 128 valence electrons. The van der Waals surface area contributed by atoms with Crippen molar-refractivity contribution in [1.82, 2.24) is 10.3 Å². The van der Waals surface area contributed by atoms with Crippen LogP contribution < -0.4 is 10.6 Å². The van der Waals surface area contributed by atoms with E-state index in [0.29, 0.717) is 11.6 Å². The highest BCUT2D eigenvalue weighted by Crippen LogP contribution is 2.27. The first kappa shape index (κ1) is 17.1. The lowest BCUT2D eigenvalue weighted by Crippen LogP contribution is -2.28. The lowest BCUT2D eigenvalue weighted by Gasteiger charge is -2.14. The van der Waals surface area contributed by atoms with E-state index in [4.69, 9.17) is 0 Å². The van der Waals surface area contributed by atoms with Crippen LogP contribution in [0.15, 0.2) is 48.5 Å².